The Kier molecular flexibility index (Phi) is 2.43. The van der Waals surface area contributed by atoms with E-state index >= 15 is 0 Å². The molecule has 0 saturated carbocycles. The largest absolute Gasteiger partial charge is 0.281 e. The second-order valence-electron chi connectivity index (χ2n) is 0.753. The highest BCUT2D eigenvalue weighted by atomic mass is 32.1. The summed E-state index contributed by atoms with van der Waals surface area (Å²) >= 11 is 4.10. The highest BCUT2D eigenvalue weighted by molar-refractivity contribution is 7.96. The lowest BCUT2D eigenvalue weighted by atomic mass is 10.5. The van der Waals surface area contributed by atoms with Crippen LogP contribution in [0.1, 0.15) is 6.42 Å². The number of carbonyl (C=O) groups is 1. The fraction of sp³-hybridized carbons (Fsp3) is 0.250. The van der Waals surface area contributed by atoms with E-state index in [0.717, 1.165) is 0 Å². The van der Waals surface area contributed by atoms with Gasteiger partial charge in [0.1, 0.15) is 0 Å². The molecule has 0 bridgehead atoms. The molecule has 0 saturated heterocycles. The SMILES string of the molecule is C#CCC(=O)[S]. The maximum atomic E-state index is 9.72. The molecule has 1 radical (unpaired) electrons. The van der Waals surface area contributed by atoms with Crippen molar-refractivity contribution in [3.8, 4) is 12.3 Å². The highest BCUT2D eigenvalue weighted by Crippen LogP contribution is 1.81. The Balaban J connectivity index is 3.13. The van der Waals surface area contributed by atoms with Crippen LogP contribution in [0, 0.1) is 12.3 Å². The topological polar surface area (TPSA) is 17.1 Å². The molecule has 0 aliphatic carbocycles. The van der Waals surface area contributed by atoms with Crippen LogP contribution in [0.2, 0.25) is 0 Å². The van der Waals surface area contributed by atoms with Crippen molar-refractivity contribution in [1.82, 2.24) is 0 Å². The van der Waals surface area contributed by atoms with Crippen LogP contribution in [0.15, 0.2) is 0 Å². The van der Waals surface area contributed by atoms with Crippen molar-refractivity contribution < 1.29 is 4.79 Å². The predicted octanol–water partition coefficient (Wildman–Crippen LogP) is 0.734. The highest BCUT2D eigenvalue weighted by Gasteiger charge is 1.84. The van der Waals surface area contributed by atoms with Crippen LogP contribution in [0.25, 0.3) is 0 Å². The molecule has 0 aromatic carbocycles. The molecule has 0 fully saturated rings. The number of rotatable bonds is 1. The first-order chi connectivity index (χ1) is 2.77. The van der Waals surface area contributed by atoms with Gasteiger partial charge in [0.05, 0.1) is 6.42 Å². The zero-order valence-corrected chi connectivity index (χ0v) is 3.92. The van der Waals surface area contributed by atoms with Gasteiger partial charge >= 0.3 is 0 Å². The second kappa shape index (κ2) is 2.67. The number of hydrogen-bond acceptors (Lipinski definition) is 1. The van der Waals surface area contributed by atoms with Crippen molar-refractivity contribution in [1.29, 1.82) is 0 Å². The van der Waals surface area contributed by atoms with Crippen LogP contribution in [-0.4, -0.2) is 5.12 Å². The van der Waals surface area contributed by atoms with Crippen molar-refractivity contribution in [2.45, 2.75) is 6.42 Å². The first-order valence-corrected chi connectivity index (χ1v) is 1.81. The molecule has 0 aliphatic rings. The Labute approximate surface area is 42.1 Å². The van der Waals surface area contributed by atoms with Gasteiger partial charge < -0.3 is 0 Å². The van der Waals surface area contributed by atoms with Gasteiger partial charge in [-0.05, 0) is 12.6 Å². The first-order valence-electron chi connectivity index (χ1n) is 1.40. The summed E-state index contributed by atoms with van der Waals surface area (Å²) in [5, 5.41) is -0.363. The van der Waals surface area contributed by atoms with Crippen LogP contribution < -0.4 is 0 Å². The molecule has 0 amide bonds. The van der Waals surface area contributed by atoms with E-state index < -0.39 is 0 Å². The molecule has 0 unspecified atom stereocenters. The van der Waals surface area contributed by atoms with E-state index in [1.807, 2.05) is 0 Å². The van der Waals surface area contributed by atoms with E-state index in [1.54, 1.807) is 0 Å². The van der Waals surface area contributed by atoms with Gasteiger partial charge in [0, 0.05) is 0 Å². The van der Waals surface area contributed by atoms with E-state index in [2.05, 4.69) is 18.5 Å². The van der Waals surface area contributed by atoms with Crippen molar-refractivity contribution in [3.63, 3.8) is 0 Å². The van der Waals surface area contributed by atoms with E-state index in [9.17, 15) is 4.79 Å². The minimum Gasteiger partial charge on any atom is -0.281 e. The van der Waals surface area contributed by atoms with Crippen LogP contribution in [0.3, 0.4) is 0 Å². The summed E-state index contributed by atoms with van der Waals surface area (Å²) in [6, 6.07) is 0. The normalized spacial score (nSPS) is 6.50. The average Bonchev–Trinajstić information content (AvgIpc) is 1.35. The van der Waals surface area contributed by atoms with Crippen LogP contribution >= 0.6 is 12.6 Å². The molecule has 31 valence electrons. The smallest absolute Gasteiger partial charge is 0.230 e. The minimum absolute atomic E-state index is 0.0787. The predicted molar refractivity (Wildman–Crippen MR) is 26.0 cm³/mol. The monoisotopic (exact) mass is 99.0 g/mol. The van der Waals surface area contributed by atoms with E-state index in [4.69, 9.17) is 6.42 Å². The van der Waals surface area contributed by atoms with Crippen LogP contribution in [0.5, 0.6) is 0 Å². The van der Waals surface area contributed by atoms with Gasteiger partial charge in [0.2, 0.25) is 5.12 Å². The molecule has 0 aromatic heterocycles. The molecule has 0 heterocycles. The van der Waals surface area contributed by atoms with E-state index in [-0.39, 0.29) is 11.5 Å². The summed E-state index contributed by atoms with van der Waals surface area (Å²) in [4.78, 5) is 9.72. The van der Waals surface area contributed by atoms with Crippen molar-refractivity contribution in [2.24, 2.45) is 0 Å². The molecule has 0 N–H and O–H groups in total. The minimum atomic E-state index is -0.363. The fourth-order valence-corrected chi connectivity index (χ4v) is 0.167. The third kappa shape index (κ3) is 3.45. The Bertz CT molecular complexity index is 90.2. The van der Waals surface area contributed by atoms with Crippen LogP contribution in [0.4, 0.5) is 0 Å². The third-order valence-electron chi connectivity index (χ3n) is 0.246. The summed E-state index contributed by atoms with van der Waals surface area (Å²) in [5.41, 5.74) is 0. The number of terminal acetylenes is 1. The standard InChI is InChI=1S/C4H3OS/c1-2-3-4(5)6/h1H,3H2. The lowest BCUT2D eigenvalue weighted by Gasteiger charge is -1.69. The lowest BCUT2D eigenvalue weighted by Crippen LogP contribution is -1.77. The second-order valence-corrected chi connectivity index (χ2v) is 1.21. The van der Waals surface area contributed by atoms with Crippen molar-refractivity contribution in [3.05, 3.63) is 0 Å². The van der Waals surface area contributed by atoms with Crippen LogP contribution in [-0.2, 0) is 4.79 Å². The molecule has 2 heteroatoms. The van der Waals surface area contributed by atoms with Gasteiger partial charge in [-0.2, -0.15) is 0 Å². The lowest BCUT2D eigenvalue weighted by molar-refractivity contribution is -0.109. The summed E-state index contributed by atoms with van der Waals surface area (Å²) < 4.78 is 0. The molecule has 0 spiro atoms. The Morgan fingerprint density at radius 3 is 2.50 bits per heavy atom. The Morgan fingerprint density at radius 1 is 2.00 bits per heavy atom. The van der Waals surface area contributed by atoms with Crippen molar-refractivity contribution >= 4 is 17.7 Å². The van der Waals surface area contributed by atoms with Gasteiger partial charge in [-0.1, -0.05) is 5.92 Å². The molecule has 0 aromatic rings. The van der Waals surface area contributed by atoms with Gasteiger partial charge in [-0.3, -0.25) is 4.79 Å². The maximum absolute atomic E-state index is 9.72. The first kappa shape index (κ1) is 5.45. The third-order valence-corrected chi connectivity index (χ3v) is 0.391. The Hall–Kier alpha value is -0.550. The maximum Gasteiger partial charge on any atom is 0.230 e. The molecule has 0 aliphatic heterocycles. The molecular weight excluding hydrogens is 96.1 g/mol. The summed E-state index contributed by atoms with van der Waals surface area (Å²) in [5.74, 6) is 2.11. The van der Waals surface area contributed by atoms with Gasteiger partial charge in [-0.25, -0.2) is 0 Å². The summed E-state index contributed by atoms with van der Waals surface area (Å²) in [6.07, 6.45) is 4.77. The quantitative estimate of drug-likeness (QED) is 0.443. The zero-order chi connectivity index (χ0) is 4.99. The van der Waals surface area contributed by atoms with Gasteiger partial charge in [0.15, 0.2) is 0 Å². The molecule has 0 atom stereocenters. The molecular formula is C4H3OS. The zero-order valence-electron chi connectivity index (χ0n) is 3.10. The summed E-state index contributed by atoms with van der Waals surface area (Å²) in [7, 11) is 0. The van der Waals surface area contributed by atoms with E-state index in [1.165, 1.54) is 0 Å². The van der Waals surface area contributed by atoms with E-state index in [0.29, 0.717) is 0 Å². The van der Waals surface area contributed by atoms with Gasteiger partial charge in [0.25, 0.3) is 0 Å². The number of hydrogen-bond donors (Lipinski definition) is 0. The summed E-state index contributed by atoms with van der Waals surface area (Å²) in [6.45, 7) is 0. The van der Waals surface area contributed by atoms with Crippen molar-refractivity contribution in [2.75, 3.05) is 0 Å². The Morgan fingerprint density at radius 2 is 2.50 bits per heavy atom. The average molecular weight is 99.1 g/mol. The number of carbonyl (C=O) groups excluding carboxylic acids is 1. The molecule has 1 nitrogen and oxygen atoms in total. The molecule has 6 heavy (non-hydrogen) atoms. The fourth-order valence-electron chi connectivity index (χ4n) is 0.0833. The van der Waals surface area contributed by atoms with Gasteiger partial charge in [-0.15, -0.1) is 6.42 Å². The molecule has 0 rings (SSSR count).